The second-order valence-electron chi connectivity index (χ2n) is 4.76. The molecule has 0 saturated carbocycles. The number of phenolic OH excluding ortho intramolecular Hbond substituents is 3. The second kappa shape index (κ2) is 4.56. The van der Waals surface area contributed by atoms with E-state index in [1.807, 2.05) is 0 Å². The van der Waals surface area contributed by atoms with Gasteiger partial charge in [0, 0.05) is 23.3 Å². The Balaban J connectivity index is 2.31. The summed E-state index contributed by atoms with van der Waals surface area (Å²) in [7, 11) is 0. The minimum atomic E-state index is -0.403. The van der Waals surface area contributed by atoms with Crippen LogP contribution in [0.3, 0.4) is 0 Å². The Morgan fingerprint density at radius 1 is 1.00 bits per heavy atom. The number of rotatable bonds is 1. The van der Waals surface area contributed by atoms with Crippen molar-refractivity contribution in [2.24, 2.45) is 0 Å². The van der Waals surface area contributed by atoms with Crippen LogP contribution in [0.25, 0.3) is 22.3 Å². The van der Waals surface area contributed by atoms with Crippen LogP contribution in [0.4, 0.5) is 0 Å². The number of fused-ring (bicyclic) bond motifs is 1. The first-order chi connectivity index (χ1) is 9.97. The summed E-state index contributed by atoms with van der Waals surface area (Å²) in [6, 6.07) is 8.73. The molecule has 106 valence electrons. The minimum absolute atomic E-state index is 0.0350. The van der Waals surface area contributed by atoms with Gasteiger partial charge in [0.15, 0.2) is 5.43 Å². The van der Waals surface area contributed by atoms with Crippen molar-refractivity contribution in [2.75, 3.05) is 0 Å². The first kappa shape index (κ1) is 13.1. The fourth-order valence-corrected chi connectivity index (χ4v) is 2.16. The zero-order valence-electron chi connectivity index (χ0n) is 11.1. The minimum Gasteiger partial charge on any atom is -0.508 e. The van der Waals surface area contributed by atoms with Gasteiger partial charge >= 0.3 is 0 Å². The fourth-order valence-electron chi connectivity index (χ4n) is 2.16. The molecular weight excluding hydrogens is 272 g/mol. The summed E-state index contributed by atoms with van der Waals surface area (Å²) in [5, 5.41) is 29.0. The van der Waals surface area contributed by atoms with Gasteiger partial charge in [0.1, 0.15) is 34.0 Å². The molecule has 0 atom stereocenters. The van der Waals surface area contributed by atoms with Gasteiger partial charge in [-0.1, -0.05) is 0 Å². The standard InChI is InChI=1S/C16H12O5/c1-8-11(18)6-14-15(16(8)20)12(19)7-13(21-14)9-2-4-10(17)5-3-9/h2-7,17-18,20H,1H3. The molecule has 0 aliphatic rings. The molecule has 1 heterocycles. The summed E-state index contributed by atoms with van der Waals surface area (Å²) in [5.74, 6) is -0.0371. The van der Waals surface area contributed by atoms with Gasteiger partial charge in [-0.05, 0) is 31.2 Å². The van der Waals surface area contributed by atoms with Crippen LogP contribution < -0.4 is 5.43 Å². The third-order valence-corrected chi connectivity index (χ3v) is 3.37. The number of aromatic hydroxyl groups is 3. The summed E-state index contributed by atoms with van der Waals surface area (Å²) in [4.78, 5) is 12.2. The molecule has 3 rings (SSSR count). The van der Waals surface area contributed by atoms with Crippen LogP contribution in [0.15, 0.2) is 45.6 Å². The summed E-state index contributed by atoms with van der Waals surface area (Å²) in [6.07, 6.45) is 0. The van der Waals surface area contributed by atoms with Gasteiger partial charge in [-0.3, -0.25) is 4.79 Å². The van der Waals surface area contributed by atoms with Crippen LogP contribution in [-0.4, -0.2) is 15.3 Å². The lowest BCUT2D eigenvalue weighted by atomic mass is 10.1. The number of hydrogen-bond donors (Lipinski definition) is 3. The Labute approximate surface area is 119 Å². The Morgan fingerprint density at radius 2 is 1.67 bits per heavy atom. The molecule has 21 heavy (non-hydrogen) atoms. The quantitative estimate of drug-likeness (QED) is 0.639. The van der Waals surface area contributed by atoms with Gasteiger partial charge in [-0.2, -0.15) is 0 Å². The molecule has 1 aromatic heterocycles. The number of hydrogen-bond acceptors (Lipinski definition) is 5. The first-order valence-corrected chi connectivity index (χ1v) is 6.26. The van der Waals surface area contributed by atoms with Crippen LogP contribution in [0, 0.1) is 6.92 Å². The fraction of sp³-hybridized carbons (Fsp3) is 0.0625. The van der Waals surface area contributed by atoms with Gasteiger partial charge in [-0.15, -0.1) is 0 Å². The van der Waals surface area contributed by atoms with Crippen molar-refractivity contribution >= 4 is 11.0 Å². The van der Waals surface area contributed by atoms with E-state index in [1.165, 1.54) is 31.2 Å². The predicted octanol–water partition coefficient (Wildman–Crippen LogP) is 2.89. The zero-order chi connectivity index (χ0) is 15.1. The molecule has 0 amide bonds. The molecule has 0 fully saturated rings. The zero-order valence-corrected chi connectivity index (χ0v) is 11.1. The van der Waals surface area contributed by atoms with Crippen molar-refractivity contribution in [2.45, 2.75) is 6.92 Å². The molecule has 0 bridgehead atoms. The molecule has 0 aliphatic heterocycles. The largest absolute Gasteiger partial charge is 0.508 e. The molecule has 0 aliphatic carbocycles. The average molecular weight is 284 g/mol. The average Bonchev–Trinajstić information content (AvgIpc) is 2.45. The topological polar surface area (TPSA) is 90.9 Å². The van der Waals surface area contributed by atoms with Gasteiger partial charge in [0.25, 0.3) is 0 Å². The van der Waals surface area contributed by atoms with E-state index < -0.39 is 5.43 Å². The van der Waals surface area contributed by atoms with Crippen molar-refractivity contribution in [3.63, 3.8) is 0 Å². The molecule has 0 spiro atoms. The van der Waals surface area contributed by atoms with E-state index in [4.69, 9.17) is 4.42 Å². The van der Waals surface area contributed by atoms with E-state index in [1.54, 1.807) is 12.1 Å². The smallest absolute Gasteiger partial charge is 0.197 e. The molecule has 3 aromatic rings. The molecule has 3 N–H and O–H groups in total. The van der Waals surface area contributed by atoms with E-state index in [-0.39, 0.29) is 39.5 Å². The van der Waals surface area contributed by atoms with E-state index in [9.17, 15) is 20.1 Å². The van der Waals surface area contributed by atoms with Crippen molar-refractivity contribution < 1.29 is 19.7 Å². The third-order valence-electron chi connectivity index (χ3n) is 3.37. The maximum absolute atomic E-state index is 12.2. The molecule has 5 nitrogen and oxygen atoms in total. The van der Waals surface area contributed by atoms with Crippen LogP contribution in [0.2, 0.25) is 0 Å². The van der Waals surface area contributed by atoms with Crippen molar-refractivity contribution in [3.05, 3.63) is 52.2 Å². The van der Waals surface area contributed by atoms with Crippen molar-refractivity contribution in [1.29, 1.82) is 0 Å². The van der Waals surface area contributed by atoms with E-state index in [0.29, 0.717) is 5.56 Å². The maximum atomic E-state index is 12.2. The lowest BCUT2D eigenvalue weighted by molar-refractivity contribution is 0.445. The Bertz CT molecular complexity index is 891. The summed E-state index contributed by atoms with van der Waals surface area (Å²) in [5.41, 5.74) is 0.532. The van der Waals surface area contributed by atoms with Crippen LogP contribution in [0.1, 0.15) is 5.56 Å². The first-order valence-electron chi connectivity index (χ1n) is 6.26. The molecule has 0 saturated heterocycles. The summed E-state index contributed by atoms with van der Waals surface area (Å²) < 4.78 is 5.58. The van der Waals surface area contributed by atoms with Gasteiger partial charge < -0.3 is 19.7 Å². The predicted molar refractivity (Wildman–Crippen MR) is 77.7 cm³/mol. The maximum Gasteiger partial charge on any atom is 0.197 e. The van der Waals surface area contributed by atoms with Crippen LogP contribution in [-0.2, 0) is 0 Å². The van der Waals surface area contributed by atoms with Crippen molar-refractivity contribution in [3.8, 4) is 28.6 Å². The Morgan fingerprint density at radius 3 is 2.33 bits per heavy atom. The second-order valence-corrected chi connectivity index (χ2v) is 4.76. The normalized spacial score (nSPS) is 10.9. The molecule has 5 heteroatoms. The van der Waals surface area contributed by atoms with Crippen LogP contribution in [0.5, 0.6) is 17.2 Å². The monoisotopic (exact) mass is 284 g/mol. The van der Waals surface area contributed by atoms with Gasteiger partial charge in [0.05, 0.1) is 0 Å². The Kier molecular flexibility index (Phi) is 2.83. The van der Waals surface area contributed by atoms with Crippen LogP contribution >= 0.6 is 0 Å². The van der Waals surface area contributed by atoms with E-state index in [0.717, 1.165) is 0 Å². The van der Waals surface area contributed by atoms with E-state index in [2.05, 4.69) is 0 Å². The summed E-state index contributed by atoms with van der Waals surface area (Å²) in [6.45, 7) is 1.51. The summed E-state index contributed by atoms with van der Waals surface area (Å²) >= 11 is 0. The SMILES string of the molecule is Cc1c(O)cc2oc(-c3ccc(O)cc3)cc(=O)c2c1O. The highest BCUT2D eigenvalue weighted by Gasteiger charge is 2.15. The highest BCUT2D eigenvalue weighted by Crippen LogP contribution is 2.34. The molecule has 2 aromatic carbocycles. The Hall–Kier alpha value is -2.95. The third kappa shape index (κ3) is 2.08. The highest BCUT2D eigenvalue weighted by molar-refractivity contribution is 5.87. The van der Waals surface area contributed by atoms with Gasteiger partial charge in [0.2, 0.25) is 0 Å². The van der Waals surface area contributed by atoms with Crippen molar-refractivity contribution in [1.82, 2.24) is 0 Å². The molecular formula is C16H12O5. The molecule has 0 radical (unpaired) electrons. The van der Waals surface area contributed by atoms with Gasteiger partial charge in [-0.25, -0.2) is 0 Å². The number of phenols is 3. The van der Waals surface area contributed by atoms with E-state index >= 15 is 0 Å². The molecule has 0 unspecified atom stereocenters. The highest BCUT2D eigenvalue weighted by atomic mass is 16.3. The number of benzene rings is 2. The lowest BCUT2D eigenvalue weighted by Gasteiger charge is -2.08. The lowest BCUT2D eigenvalue weighted by Crippen LogP contribution is -2.01.